The minimum Gasteiger partial charge on any atom is -0.480 e. The minimum atomic E-state index is -0.977. The van der Waals surface area contributed by atoms with Crippen molar-refractivity contribution in [3.05, 3.63) is 34.4 Å². The van der Waals surface area contributed by atoms with Crippen molar-refractivity contribution in [2.24, 2.45) is 5.73 Å². The molecule has 0 amide bonds. The Kier molecular flexibility index (Phi) is 4.66. The SMILES string of the molecule is Cc1cc(C)c(C(N)COCC(=O)O)c(C)c1. The number of nitrogens with two attached hydrogens (primary N) is 1. The first-order chi connectivity index (χ1) is 7.91. The molecule has 0 aromatic heterocycles. The van der Waals surface area contributed by atoms with Gasteiger partial charge in [-0.3, -0.25) is 0 Å². The molecule has 0 aliphatic carbocycles. The van der Waals surface area contributed by atoms with E-state index in [0.29, 0.717) is 0 Å². The average Bonchev–Trinajstić information content (AvgIpc) is 2.14. The number of ether oxygens (including phenoxy) is 1. The Hall–Kier alpha value is -1.39. The van der Waals surface area contributed by atoms with E-state index in [-0.39, 0.29) is 19.3 Å². The number of benzene rings is 1. The molecule has 0 spiro atoms. The molecule has 0 heterocycles. The van der Waals surface area contributed by atoms with Gasteiger partial charge in [-0.05, 0) is 37.5 Å². The number of carboxylic acids is 1. The maximum atomic E-state index is 10.3. The van der Waals surface area contributed by atoms with E-state index in [9.17, 15) is 4.79 Å². The van der Waals surface area contributed by atoms with Crippen molar-refractivity contribution in [1.82, 2.24) is 0 Å². The van der Waals surface area contributed by atoms with Crippen LogP contribution in [0, 0.1) is 20.8 Å². The summed E-state index contributed by atoms with van der Waals surface area (Å²) < 4.78 is 5.03. The molecule has 3 N–H and O–H groups in total. The molecule has 1 unspecified atom stereocenters. The van der Waals surface area contributed by atoms with E-state index < -0.39 is 5.97 Å². The third-order valence-electron chi connectivity index (χ3n) is 2.63. The molecule has 0 aliphatic heterocycles. The lowest BCUT2D eigenvalue weighted by Gasteiger charge is -2.18. The molecule has 4 heteroatoms. The van der Waals surface area contributed by atoms with E-state index >= 15 is 0 Å². The zero-order valence-electron chi connectivity index (χ0n) is 10.5. The highest BCUT2D eigenvalue weighted by atomic mass is 16.5. The summed E-state index contributed by atoms with van der Waals surface area (Å²) in [5.41, 5.74) is 10.5. The second-order valence-electron chi connectivity index (χ2n) is 4.33. The van der Waals surface area contributed by atoms with Gasteiger partial charge in [-0.2, -0.15) is 0 Å². The number of hydrogen-bond donors (Lipinski definition) is 2. The van der Waals surface area contributed by atoms with Crippen LogP contribution < -0.4 is 5.73 Å². The number of carbonyl (C=O) groups is 1. The molecule has 0 saturated carbocycles. The van der Waals surface area contributed by atoms with E-state index in [1.165, 1.54) is 5.56 Å². The fraction of sp³-hybridized carbons (Fsp3) is 0.462. The third-order valence-corrected chi connectivity index (χ3v) is 2.63. The first-order valence-corrected chi connectivity index (χ1v) is 5.54. The van der Waals surface area contributed by atoms with Crippen LogP contribution in [0.2, 0.25) is 0 Å². The van der Waals surface area contributed by atoms with Gasteiger partial charge in [0.25, 0.3) is 0 Å². The fourth-order valence-electron chi connectivity index (χ4n) is 2.13. The monoisotopic (exact) mass is 237 g/mol. The van der Waals surface area contributed by atoms with Crippen LogP contribution in [0.4, 0.5) is 0 Å². The second-order valence-corrected chi connectivity index (χ2v) is 4.33. The van der Waals surface area contributed by atoms with Gasteiger partial charge in [-0.15, -0.1) is 0 Å². The lowest BCUT2D eigenvalue weighted by molar-refractivity contribution is -0.142. The lowest BCUT2D eigenvalue weighted by Crippen LogP contribution is -2.21. The summed E-state index contributed by atoms with van der Waals surface area (Å²) in [5, 5.41) is 8.48. The van der Waals surface area contributed by atoms with Crippen molar-refractivity contribution < 1.29 is 14.6 Å². The molecule has 0 aliphatic rings. The highest BCUT2D eigenvalue weighted by Gasteiger charge is 2.13. The molecule has 1 rings (SSSR count). The summed E-state index contributed by atoms with van der Waals surface area (Å²) in [4.78, 5) is 10.3. The molecule has 0 radical (unpaired) electrons. The molecule has 1 aromatic carbocycles. The average molecular weight is 237 g/mol. The van der Waals surface area contributed by atoms with Gasteiger partial charge in [-0.25, -0.2) is 4.79 Å². The molecule has 4 nitrogen and oxygen atoms in total. The summed E-state index contributed by atoms with van der Waals surface area (Å²) in [6, 6.07) is 3.86. The maximum absolute atomic E-state index is 10.3. The second kappa shape index (κ2) is 5.80. The zero-order valence-corrected chi connectivity index (χ0v) is 10.5. The largest absolute Gasteiger partial charge is 0.480 e. The molecule has 1 atom stereocenters. The predicted octanol–water partition coefficient (Wildman–Crippen LogP) is 1.71. The molecular formula is C13H19NO3. The summed E-state index contributed by atoms with van der Waals surface area (Å²) in [5.74, 6) is -0.977. The van der Waals surface area contributed by atoms with E-state index in [1.807, 2.05) is 20.8 Å². The Morgan fingerprint density at radius 2 is 1.88 bits per heavy atom. The Balaban J connectivity index is 2.75. The van der Waals surface area contributed by atoms with Gasteiger partial charge in [0.2, 0.25) is 0 Å². The lowest BCUT2D eigenvalue weighted by atomic mass is 9.95. The van der Waals surface area contributed by atoms with Crippen LogP contribution in [0.15, 0.2) is 12.1 Å². The van der Waals surface area contributed by atoms with Crippen LogP contribution in [0.25, 0.3) is 0 Å². The molecule has 0 saturated heterocycles. The summed E-state index contributed by atoms with van der Waals surface area (Å²) in [7, 11) is 0. The van der Waals surface area contributed by atoms with E-state index in [1.54, 1.807) is 0 Å². The van der Waals surface area contributed by atoms with Crippen LogP contribution in [-0.4, -0.2) is 24.3 Å². The van der Waals surface area contributed by atoms with Crippen LogP contribution in [0.3, 0.4) is 0 Å². The molecule has 1 aromatic rings. The Bertz CT molecular complexity index is 392. The number of aryl methyl sites for hydroxylation is 3. The molecule has 0 bridgehead atoms. The van der Waals surface area contributed by atoms with Crippen molar-refractivity contribution in [3.8, 4) is 0 Å². The van der Waals surface area contributed by atoms with Crippen molar-refractivity contribution in [2.45, 2.75) is 26.8 Å². The van der Waals surface area contributed by atoms with Gasteiger partial charge >= 0.3 is 5.97 Å². The Morgan fingerprint density at radius 3 is 2.35 bits per heavy atom. The highest BCUT2D eigenvalue weighted by molar-refractivity contribution is 5.68. The number of hydrogen-bond acceptors (Lipinski definition) is 3. The summed E-state index contributed by atoms with van der Waals surface area (Å²) in [6.07, 6.45) is 0. The van der Waals surface area contributed by atoms with Gasteiger partial charge in [-0.1, -0.05) is 17.7 Å². The van der Waals surface area contributed by atoms with Gasteiger partial charge in [0.1, 0.15) is 6.61 Å². The normalized spacial score (nSPS) is 12.5. The van der Waals surface area contributed by atoms with Crippen molar-refractivity contribution in [1.29, 1.82) is 0 Å². The Labute approximate surface area is 101 Å². The predicted molar refractivity (Wildman–Crippen MR) is 66.0 cm³/mol. The van der Waals surface area contributed by atoms with Crippen molar-refractivity contribution in [2.75, 3.05) is 13.2 Å². The quantitative estimate of drug-likeness (QED) is 0.817. The standard InChI is InChI=1S/C13H19NO3/c1-8-4-9(2)13(10(3)5-8)11(14)6-17-7-12(15)16/h4-5,11H,6-7,14H2,1-3H3,(H,15,16). The van der Waals surface area contributed by atoms with Crippen LogP contribution >= 0.6 is 0 Å². The van der Waals surface area contributed by atoms with Crippen molar-refractivity contribution >= 4 is 5.97 Å². The summed E-state index contributed by atoms with van der Waals surface area (Å²) >= 11 is 0. The smallest absolute Gasteiger partial charge is 0.329 e. The van der Waals surface area contributed by atoms with Gasteiger partial charge in [0, 0.05) is 0 Å². The van der Waals surface area contributed by atoms with E-state index in [4.69, 9.17) is 15.6 Å². The first kappa shape index (κ1) is 13.7. The fourth-order valence-corrected chi connectivity index (χ4v) is 2.13. The van der Waals surface area contributed by atoms with Gasteiger partial charge in [0.15, 0.2) is 0 Å². The molecule has 94 valence electrons. The highest BCUT2D eigenvalue weighted by Crippen LogP contribution is 2.22. The van der Waals surface area contributed by atoms with Crippen molar-refractivity contribution in [3.63, 3.8) is 0 Å². The number of rotatable bonds is 5. The number of aliphatic carboxylic acids is 1. The maximum Gasteiger partial charge on any atom is 0.329 e. The first-order valence-electron chi connectivity index (χ1n) is 5.54. The van der Waals surface area contributed by atoms with Crippen LogP contribution in [0.1, 0.15) is 28.3 Å². The van der Waals surface area contributed by atoms with Crippen LogP contribution in [0.5, 0.6) is 0 Å². The van der Waals surface area contributed by atoms with Crippen LogP contribution in [-0.2, 0) is 9.53 Å². The number of carboxylic acid groups (broad SMARTS) is 1. The van der Waals surface area contributed by atoms with Gasteiger partial charge < -0.3 is 15.6 Å². The molecule has 17 heavy (non-hydrogen) atoms. The van der Waals surface area contributed by atoms with E-state index in [2.05, 4.69) is 12.1 Å². The topological polar surface area (TPSA) is 72.5 Å². The molecular weight excluding hydrogens is 218 g/mol. The summed E-state index contributed by atoms with van der Waals surface area (Å²) in [6.45, 7) is 5.96. The minimum absolute atomic E-state index is 0.219. The molecule has 0 fully saturated rings. The third kappa shape index (κ3) is 3.84. The van der Waals surface area contributed by atoms with E-state index in [0.717, 1.165) is 16.7 Å². The zero-order chi connectivity index (χ0) is 13.0. The van der Waals surface area contributed by atoms with Gasteiger partial charge in [0.05, 0.1) is 12.6 Å². The Morgan fingerprint density at radius 1 is 1.35 bits per heavy atom.